The quantitative estimate of drug-likeness (QED) is 0.763. The van der Waals surface area contributed by atoms with E-state index in [4.69, 9.17) is 13.6 Å². The van der Waals surface area contributed by atoms with Gasteiger partial charge in [0.1, 0.15) is 5.75 Å². The Labute approximate surface area is 132 Å². The van der Waals surface area contributed by atoms with Crippen LogP contribution in [-0.4, -0.2) is 25.7 Å². The third kappa shape index (κ3) is 3.19. The van der Waals surface area contributed by atoms with Crippen molar-refractivity contribution in [1.29, 1.82) is 0 Å². The Morgan fingerprint density at radius 3 is 2.39 bits per heavy atom. The van der Waals surface area contributed by atoms with Gasteiger partial charge in [-0.3, -0.25) is 4.72 Å². The predicted octanol–water partition coefficient (Wildman–Crippen LogP) is 2.45. The molecule has 0 amide bonds. The van der Waals surface area contributed by atoms with Crippen LogP contribution >= 0.6 is 0 Å². The van der Waals surface area contributed by atoms with Gasteiger partial charge in [-0.1, -0.05) is 0 Å². The van der Waals surface area contributed by atoms with Crippen LogP contribution in [0.15, 0.2) is 50.3 Å². The molecule has 8 nitrogen and oxygen atoms in total. The van der Waals surface area contributed by atoms with Crippen LogP contribution in [0.4, 0.5) is 5.69 Å². The number of methoxy groups -OCH3 is 1. The van der Waals surface area contributed by atoms with Gasteiger partial charge in [-0.05, 0) is 36.4 Å². The van der Waals surface area contributed by atoms with Gasteiger partial charge in [0.05, 0.1) is 7.11 Å². The van der Waals surface area contributed by atoms with Gasteiger partial charge in [0.2, 0.25) is 11.0 Å². The zero-order valence-corrected chi connectivity index (χ0v) is 13.1. The first kappa shape index (κ1) is 15.1. The van der Waals surface area contributed by atoms with E-state index in [9.17, 15) is 8.42 Å². The summed E-state index contributed by atoms with van der Waals surface area (Å²) in [6.07, 6.45) is 0. The Kier molecular flexibility index (Phi) is 3.78. The number of aryl methyl sites for hydroxylation is 1. The lowest BCUT2D eigenvalue weighted by Crippen LogP contribution is -2.11. The molecule has 0 aliphatic heterocycles. The normalized spacial score (nSPS) is 11.4. The molecule has 0 atom stereocenters. The number of ether oxygens (including phenoxy) is 1. The maximum Gasteiger partial charge on any atom is 0.295 e. The van der Waals surface area contributed by atoms with Crippen molar-refractivity contribution < 1.29 is 22.0 Å². The van der Waals surface area contributed by atoms with E-state index in [0.29, 0.717) is 17.3 Å². The topological polar surface area (TPSA) is 107 Å². The molecule has 1 N–H and O–H groups in total. The second-order valence-electron chi connectivity index (χ2n) is 4.58. The summed E-state index contributed by atoms with van der Waals surface area (Å²) >= 11 is 0. The van der Waals surface area contributed by atoms with Crippen molar-refractivity contribution in [2.45, 2.75) is 12.0 Å². The Hall–Kier alpha value is -2.81. The summed E-state index contributed by atoms with van der Waals surface area (Å²) in [6, 6.07) is 9.23. The first-order valence-electron chi connectivity index (χ1n) is 6.55. The number of benzene rings is 1. The number of anilines is 1. The van der Waals surface area contributed by atoms with Crippen molar-refractivity contribution in [3.05, 3.63) is 42.3 Å². The van der Waals surface area contributed by atoms with Gasteiger partial charge in [-0.2, -0.15) is 8.42 Å². The van der Waals surface area contributed by atoms with Crippen molar-refractivity contribution in [2.75, 3.05) is 11.8 Å². The standard InChI is InChI=1S/C14H13N3O5S/c1-9-15-16-14(21-9)12-7-8-13(22-12)23(18,19)17-10-3-5-11(20-2)6-4-10/h3-8,17H,1-2H3. The van der Waals surface area contributed by atoms with Gasteiger partial charge < -0.3 is 13.6 Å². The second kappa shape index (κ2) is 5.76. The Balaban J connectivity index is 1.83. The van der Waals surface area contributed by atoms with Crippen LogP contribution in [0.5, 0.6) is 5.75 Å². The summed E-state index contributed by atoms with van der Waals surface area (Å²) in [6.45, 7) is 1.63. The molecule has 3 rings (SSSR count). The van der Waals surface area contributed by atoms with E-state index >= 15 is 0 Å². The van der Waals surface area contributed by atoms with E-state index in [2.05, 4.69) is 14.9 Å². The van der Waals surface area contributed by atoms with Gasteiger partial charge in [0.15, 0.2) is 5.76 Å². The molecule has 0 aliphatic carbocycles. The van der Waals surface area contributed by atoms with Crippen LogP contribution < -0.4 is 9.46 Å². The third-order valence-electron chi connectivity index (χ3n) is 2.93. The highest BCUT2D eigenvalue weighted by Gasteiger charge is 2.21. The number of hydrogen-bond donors (Lipinski definition) is 1. The molecule has 0 fully saturated rings. The number of sulfonamides is 1. The number of nitrogens with one attached hydrogen (secondary N) is 1. The highest BCUT2D eigenvalue weighted by atomic mass is 32.2. The molecule has 0 bridgehead atoms. The summed E-state index contributed by atoms with van der Waals surface area (Å²) in [7, 11) is -2.33. The zero-order chi connectivity index (χ0) is 16.4. The minimum absolute atomic E-state index is 0.119. The first-order valence-corrected chi connectivity index (χ1v) is 8.03. The number of furan rings is 1. The summed E-state index contributed by atoms with van der Waals surface area (Å²) in [4.78, 5) is 0. The highest BCUT2D eigenvalue weighted by molar-refractivity contribution is 7.92. The van der Waals surface area contributed by atoms with E-state index in [-0.39, 0.29) is 16.7 Å². The fourth-order valence-corrected chi connectivity index (χ4v) is 2.83. The van der Waals surface area contributed by atoms with Crippen LogP contribution in [0.1, 0.15) is 5.89 Å². The molecule has 1 aromatic carbocycles. The lowest BCUT2D eigenvalue weighted by molar-refractivity contribution is 0.415. The van der Waals surface area contributed by atoms with Crippen LogP contribution in [0.25, 0.3) is 11.7 Å². The summed E-state index contributed by atoms with van der Waals surface area (Å²) in [5, 5.41) is 7.19. The Morgan fingerprint density at radius 2 is 1.78 bits per heavy atom. The fraction of sp³-hybridized carbons (Fsp3) is 0.143. The number of aromatic nitrogens is 2. The highest BCUT2D eigenvalue weighted by Crippen LogP contribution is 2.25. The van der Waals surface area contributed by atoms with E-state index in [0.717, 1.165) is 0 Å². The van der Waals surface area contributed by atoms with Gasteiger partial charge in [0.25, 0.3) is 15.9 Å². The molecular weight excluding hydrogens is 322 g/mol. The number of nitrogens with zero attached hydrogens (tertiary/aromatic N) is 2. The van der Waals surface area contributed by atoms with Crippen molar-refractivity contribution in [1.82, 2.24) is 10.2 Å². The van der Waals surface area contributed by atoms with E-state index in [1.165, 1.54) is 19.2 Å². The Bertz CT molecular complexity index is 912. The third-order valence-corrected chi connectivity index (χ3v) is 4.18. The average molecular weight is 335 g/mol. The largest absolute Gasteiger partial charge is 0.497 e. The molecule has 0 unspecified atom stereocenters. The van der Waals surface area contributed by atoms with Crippen LogP contribution in [0.2, 0.25) is 0 Å². The molecule has 0 saturated heterocycles. The number of rotatable bonds is 5. The predicted molar refractivity (Wildman–Crippen MR) is 80.5 cm³/mol. The molecular formula is C14H13N3O5S. The number of hydrogen-bond acceptors (Lipinski definition) is 7. The minimum atomic E-state index is -3.86. The molecule has 9 heteroatoms. The maximum absolute atomic E-state index is 12.3. The summed E-state index contributed by atoms with van der Waals surface area (Å²) in [5.41, 5.74) is 0.386. The Morgan fingerprint density at radius 1 is 1.04 bits per heavy atom. The van der Waals surface area contributed by atoms with Crippen molar-refractivity contribution in [3.63, 3.8) is 0 Å². The molecule has 0 aliphatic rings. The van der Waals surface area contributed by atoms with Gasteiger partial charge in [-0.25, -0.2) is 0 Å². The molecule has 2 aromatic heterocycles. The molecule has 3 aromatic rings. The molecule has 0 radical (unpaired) electrons. The maximum atomic E-state index is 12.3. The van der Waals surface area contributed by atoms with E-state index in [1.807, 2.05) is 0 Å². The minimum Gasteiger partial charge on any atom is -0.497 e. The molecule has 2 heterocycles. The summed E-state index contributed by atoms with van der Waals surface area (Å²) < 4.78 is 42.5. The lowest BCUT2D eigenvalue weighted by Gasteiger charge is -2.06. The fourth-order valence-electron chi connectivity index (χ4n) is 1.84. The van der Waals surface area contributed by atoms with Crippen molar-refractivity contribution in [3.8, 4) is 17.4 Å². The van der Waals surface area contributed by atoms with Gasteiger partial charge in [0, 0.05) is 12.6 Å². The molecule has 0 spiro atoms. The molecule has 23 heavy (non-hydrogen) atoms. The zero-order valence-electron chi connectivity index (χ0n) is 12.3. The molecule has 120 valence electrons. The first-order chi connectivity index (χ1) is 11.0. The van der Waals surface area contributed by atoms with Crippen LogP contribution in [0, 0.1) is 6.92 Å². The average Bonchev–Trinajstić information content (AvgIpc) is 3.16. The lowest BCUT2D eigenvalue weighted by atomic mass is 10.3. The van der Waals surface area contributed by atoms with E-state index in [1.54, 1.807) is 31.2 Å². The van der Waals surface area contributed by atoms with Gasteiger partial charge >= 0.3 is 0 Å². The monoisotopic (exact) mass is 335 g/mol. The smallest absolute Gasteiger partial charge is 0.295 e. The van der Waals surface area contributed by atoms with E-state index < -0.39 is 10.0 Å². The van der Waals surface area contributed by atoms with Crippen molar-refractivity contribution >= 4 is 15.7 Å². The van der Waals surface area contributed by atoms with Crippen molar-refractivity contribution in [2.24, 2.45) is 0 Å². The second-order valence-corrected chi connectivity index (χ2v) is 6.19. The summed E-state index contributed by atoms with van der Waals surface area (Å²) in [5.74, 6) is 1.28. The molecule has 0 saturated carbocycles. The van der Waals surface area contributed by atoms with Crippen LogP contribution in [0.3, 0.4) is 0 Å². The van der Waals surface area contributed by atoms with Crippen LogP contribution in [-0.2, 0) is 10.0 Å². The SMILES string of the molecule is COc1ccc(NS(=O)(=O)c2ccc(-c3nnc(C)o3)o2)cc1. The van der Waals surface area contributed by atoms with Gasteiger partial charge in [-0.15, -0.1) is 10.2 Å².